The summed E-state index contributed by atoms with van der Waals surface area (Å²) in [6.45, 7) is 14.7. The van der Waals surface area contributed by atoms with Gasteiger partial charge in [-0.15, -0.1) is 0 Å². The van der Waals surface area contributed by atoms with Crippen molar-refractivity contribution in [2.75, 3.05) is 0 Å². The number of carbonyl (C=O) groups excluding carboxylic acids is 2. The van der Waals surface area contributed by atoms with E-state index >= 15 is 0 Å². The summed E-state index contributed by atoms with van der Waals surface area (Å²) in [7, 11) is 0. The zero-order valence-electron chi connectivity index (χ0n) is 32.2. The van der Waals surface area contributed by atoms with Crippen molar-refractivity contribution in [1.29, 1.82) is 0 Å². The smallest absolute Gasteiger partial charge is 0.338 e. The largest absolute Gasteiger partial charge is 0.458 e. The van der Waals surface area contributed by atoms with Gasteiger partial charge in [0, 0.05) is 11.5 Å². The summed E-state index contributed by atoms with van der Waals surface area (Å²) >= 11 is 0. The van der Waals surface area contributed by atoms with E-state index in [1.165, 1.54) is 102 Å². The van der Waals surface area contributed by atoms with E-state index in [4.69, 9.17) is 9.47 Å². The first-order valence-electron chi connectivity index (χ1n) is 20.8. The Morgan fingerprint density at radius 2 is 1.59 bits per heavy atom. The zero-order chi connectivity index (χ0) is 35.0. The number of unbranched alkanes of at least 4 members (excludes halogenated alkanes) is 6. The molecule has 0 aliphatic heterocycles. The van der Waals surface area contributed by atoms with Crippen molar-refractivity contribution in [3.8, 4) is 5.75 Å². The summed E-state index contributed by atoms with van der Waals surface area (Å²) in [5.41, 5.74) is 1.06. The lowest BCUT2D eigenvalue weighted by Gasteiger charge is -2.62. The van der Waals surface area contributed by atoms with Crippen LogP contribution in [0.4, 0.5) is 0 Å². The third-order valence-electron chi connectivity index (χ3n) is 14.4. The summed E-state index contributed by atoms with van der Waals surface area (Å²) < 4.78 is 12.0. The fourth-order valence-electron chi connectivity index (χ4n) is 11.7. The maximum Gasteiger partial charge on any atom is 0.338 e. The molecule has 4 nitrogen and oxygen atoms in total. The van der Waals surface area contributed by atoms with Gasteiger partial charge in [-0.1, -0.05) is 99.0 Å². The van der Waals surface area contributed by atoms with Crippen molar-refractivity contribution in [2.24, 2.45) is 52.3 Å². The Balaban J connectivity index is 1.17. The second-order valence-corrected chi connectivity index (χ2v) is 17.8. The lowest BCUT2D eigenvalue weighted by atomic mass is 9.44. The summed E-state index contributed by atoms with van der Waals surface area (Å²) in [5.74, 6) is 5.22. The SMILES string of the molecule is CCCCCCCC/C=C/C(=O)Oc1ccc(C(=O)OC2CCC[C@@H]3CC[C@@H]4[C@@H]5CC[C@@H]([C@@H](C)CCCC(C)C)[C@@]5(C)CC[C@@H]4[C@@]23C)cc1. The number of allylic oxidation sites excluding steroid dienone is 1. The maximum atomic E-state index is 13.6. The summed E-state index contributed by atoms with van der Waals surface area (Å²) in [6, 6.07) is 6.95. The average molecular weight is 675 g/mol. The number of fused-ring (bicyclic) bond motifs is 5. The van der Waals surface area contributed by atoms with Gasteiger partial charge < -0.3 is 9.47 Å². The second kappa shape index (κ2) is 17.4. The predicted molar refractivity (Wildman–Crippen MR) is 201 cm³/mol. The highest BCUT2D eigenvalue weighted by Crippen LogP contribution is 2.68. The minimum absolute atomic E-state index is 0.0302. The van der Waals surface area contributed by atoms with E-state index in [0.29, 0.717) is 28.6 Å². The van der Waals surface area contributed by atoms with E-state index in [9.17, 15) is 9.59 Å². The molecule has 0 amide bonds. The van der Waals surface area contributed by atoms with Crippen molar-refractivity contribution >= 4 is 11.9 Å². The molecule has 0 bridgehead atoms. The number of carbonyl (C=O) groups is 2. The van der Waals surface area contributed by atoms with E-state index in [2.05, 4.69) is 41.5 Å². The zero-order valence-corrected chi connectivity index (χ0v) is 32.2. The fraction of sp³-hybridized carbons (Fsp3) is 0.778. The first-order chi connectivity index (χ1) is 23.6. The number of ether oxygens (including phenoxy) is 2. The summed E-state index contributed by atoms with van der Waals surface area (Å²) in [5, 5.41) is 0. The minimum Gasteiger partial charge on any atom is -0.458 e. The number of hydrogen-bond donors (Lipinski definition) is 0. The van der Waals surface area contributed by atoms with Crippen LogP contribution < -0.4 is 4.74 Å². The molecule has 4 aliphatic rings. The van der Waals surface area contributed by atoms with Gasteiger partial charge in [-0.25, -0.2) is 9.59 Å². The highest BCUT2D eigenvalue weighted by atomic mass is 16.5. The topological polar surface area (TPSA) is 52.6 Å². The first-order valence-corrected chi connectivity index (χ1v) is 20.8. The molecular weight excluding hydrogens is 604 g/mol. The molecule has 274 valence electrons. The van der Waals surface area contributed by atoms with Crippen LogP contribution in [0.15, 0.2) is 36.4 Å². The molecule has 4 saturated carbocycles. The number of rotatable bonds is 16. The molecule has 0 heterocycles. The van der Waals surface area contributed by atoms with Gasteiger partial charge in [0.1, 0.15) is 11.9 Å². The molecule has 1 aromatic carbocycles. The normalized spacial score (nSPS) is 33.1. The minimum atomic E-state index is -0.368. The van der Waals surface area contributed by atoms with E-state index < -0.39 is 0 Å². The Morgan fingerprint density at radius 1 is 0.837 bits per heavy atom. The van der Waals surface area contributed by atoms with E-state index in [1.807, 2.05) is 6.08 Å². The molecule has 5 rings (SSSR count). The van der Waals surface area contributed by atoms with E-state index in [-0.39, 0.29) is 23.5 Å². The van der Waals surface area contributed by atoms with Gasteiger partial charge in [-0.2, -0.15) is 0 Å². The van der Waals surface area contributed by atoms with Crippen molar-refractivity contribution in [3.63, 3.8) is 0 Å². The van der Waals surface area contributed by atoms with E-state index in [1.54, 1.807) is 24.3 Å². The van der Waals surface area contributed by atoms with Crippen LogP contribution in [-0.2, 0) is 9.53 Å². The van der Waals surface area contributed by atoms with Gasteiger partial charge in [0.05, 0.1) is 5.56 Å². The lowest BCUT2D eigenvalue weighted by molar-refractivity contribution is -0.166. The molecule has 0 radical (unpaired) electrons. The highest BCUT2D eigenvalue weighted by molar-refractivity contribution is 5.90. The number of esters is 2. The van der Waals surface area contributed by atoms with Crippen LogP contribution in [0.2, 0.25) is 0 Å². The quantitative estimate of drug-likeness (QED) is 0.0758. The van der Waals surface area contributed by atoms with Crippen LogP contribution in [0.1, 0.15) is 174 Å². The monoisotopic (exact) mass is 675 g/mol. The molecule has 1 aromatic rings. The second-order valence-electron chi connectivity index (χ2n) is 17.8. The Morgan fingerprint density at radius 3 is 2.35 bits per heavy atom. The Labute approximate surface area is 300 Å². The molecule has 4 aliphatic carbocycles. The third-order valence-corrected chi connectivity index (χ3v) is 14.4. The molecule has 0 spiro atoms. The Kier molecular flexibility index (Phi) is 13.6. The van der Waals surface area contributed by atoms with Crippen LogP contribution >= 0.6 is 0 Å². The van der Waals surface area contributed by atoms with Crippen molar-refractivity contribution in [2.45, 2.75) is 170 Å². The van der Waals surface area contributed by atoms with Gasteiger partial charge in [0.2, 0.25) is 0 Å². The van der Waals surface area contributed by atoms with Crippen LogP contribution in [-0.4, -0.2) is 18.0 Å². The molecule has 9 atom stereocenters. The molecule has 4 heteroatoms. The van der Waals surface area contributed by atoms with Crippen molar-refractivity contribution < 1.29 is 19.1 Å². The van der Waals surface area contributed by atoms with Gasteiger partial charge in [-0.3, -0.25) is 0 Å². The molecule has 0 saturated heterocycles. The van der Waals surface area contributed by atoms with Crippen LogP contribution in [0, 0.1) is 52.3 Å². The van der Waals surface area contributed by atoms with Crippen molar-refractivity contribution in [3.05, 3.63) is 42.0 Å². The Hall–Kier alpha value is -2.10. The molecular formula is C45H70O4. The van der Waals surface area contributed by atoms with Gasteiger partial charge >= 0.3 is 11.9 Å². The van der Waals surface area contributed by atoms with Crippen LogP contribution in [0.25, 0.3) is 0 Å². The van der Waals surface area contributed by atoms with Crippen LogP contribution in [0.5, 0.6) is 5.75 Å². The number of benzene rings is 1. The molecule has 0 aromatic heterocycles. The van der Waals surface area contributed by atoms with Crippen LogP contribution in [0.3, 0.4) is 0 Å². The fourth-order valence-corrected chi connectivity index (χ4v) is 11.7. The molecule has 4 fully saturated rings. The standard InChI is InChI=1S/C45H70O4/c1-7-8-9-10-11-12-13-14-21-42(46)48-36-25-22-34(23-26-36)43(47)49-41-20-16-19-35-24-27-37-39-29-28-38(33(4)18-15-17-32(2)3)44(39,5)31-30-40(37)45(35,41)6/h14,21-23,25-26,32-33,35,37-41H,7-13,15-20,24,27-31H2,1-6H3/b21-14+/t33-,35+,37+,38-,39-,40-,41?,44+,45-/m0/s1. The van der Waals surface area contributed by atoms with E-state index in [0.717, 1.165) is 55.3 Å². The lowest BCUT2D eigenvalue weighted by Crippen LogP contribution is -2.58. The third kappa shape index (κ3) is 8.86. The average Bonchev–Trinajstić information content (AvgIpc) is 3.44. The molecule has 49 heavy (non-hydrogen) atoms. The summed E-state index contributed by atoms with van der Waals surface area (Å²) in [6.07, 6.45) is 27.4. The van der Waals surface area contributed by atoms with Gasteiger partial charge in [-0.05, 0) is 142 Å². The summed E-state index contributed by atoms with van der Waals surface area (Å²) in [4.78, 5) is 26.0. The maximum absolute atomic E-state index is 13.6. The van der Waals surface area contributed by atoms with Crippen molar-refractivity contribution in [1.82, 2.24) is 0 Å². The van der Waals surface area contributed by atoms with Gasteiger partial charge in [0.25, 0.3) is 0 Å². The Bertz CT molecular complexity index is 1230. The predicted octanol–water partition coefficient (Wildman–Crippen LogP) is 12.5. The molecule has 0 N–H and O–H groups in total. The van der Waals surface area contributed by atoms with Gasteiger partial charge in [0.15, 0.2) is 0 Å². The first kappa shape index (κ1) is 38.1. The highest BCUT2D eigenvalue weighted by Gasteiger charge is 2.62. The number of hydrogen-bond acceptors (Lipinski definition) is 4. The molecule has 1 unspecified atom stereocenters.